The molecule has 1 aliphatic carbocycles. The average Bonchev–Trinajstić information content (AvgIpc) is 2.92. The molecule has 4 rings (SSSR count). The second kappa shape index (κ2) is 8.74. The van der Waals surface area contributed by atoms with E-state index in [0.717, 1.165) is 57.4 Å². The lowest BCUT2D eigenvalue weighted by atomic mass is 9.84. The summed E-state index contributed by atoms with van der Waals surface area (Å²) < 4.78 is 27.8. The Morgan fingerprint density at radius 2 is 1.74 bits per heavy atom. The Balaban J connectivity index is 1.74. The van der Waals surface area contributed by atoms with Crippen LogP contribution in [0, 0.1) is 16.0 Å². The Bertz CT molecular complexity index is 959. The summed E-state index contributed by atoms with van der Waals surface area (Å²) in [5, 5.41) is 12.0. The zero-order chi connectivity index (χ0) is 22.2. The highest BCUT2D eigenvalue weighted by molar-refractivity contribution is 7.89. The molecule has 0 radical (unpaired) electrons. The number of carbonyl (C=O) groups is 1. The highest BCUT2D eigenvalue weighted by Crippen LogP contribution is 2.45. The van der Waals surface area contributed by atoms with Gasteiger partial charge in [0.25, 0.3) is 5.69 Å². The number of rotatable bonds is 5. The second-order valence-electron chi connectivity index (χ2n) is 8.90. The van der Waals surface area contributed by atoms with Crippen LogP contribution in [0.3, 0.4) is 0 Å². The molecule has 3 fully saturated rings. The maximum atomic E-state index is 13.2. The lowest BCUT2D eigenvalue weighted by Gasteiger charge is -2.34. The SMILES string of the molecule is NC(=O)[C@H]1C[C@H]2CCCC[C@@H]2N1c1ccc(S(=O)(=O)N2CCCCCC2)cc1[N+](=O)[O-]. The number of carbonyl (C=O) groups excluding carboxylic acids is 1. The Kier molecular flexibility index (Phi) is 6.20. The number of sulfonamides is 1. The molecule has 0 unspecified atom stereocenters. The molecule has 2 heterocycles. The Hall–Kier alpha value is -2.20. The predicted molar refractivity (Wildman–Crippen MR) is 116 cm³/mol. The van der Waals surface area contributed by atoms with Gasteiger partial charge in [0.15, 0.2) is 0 Å². The summed E-state index contributed by atoms with van der Waals surface area (Å²) >= 11 is 0. The van der Waals surface area contributed by atoms with Crippen LogP contribution >= 0.6 is 0 Å². The van der Waals surface area contributed by atoms with Crippen molar-refractivity contribution in [3.05, 3.63) is 28.3 Å². The first-order valence-electron chi connectivity index (χ1n) is 11.2. The number of primary amides is 1. The predicted octanol–water partition coefficient (Wildman–Crippen LogP) is 2.78. The van der Waals surface area contributed by atoms with Crippen molar-refractivity contribution >= 4 is 27.3 Å². The fourth-order valence-electron chi connectivity index (χ4n) is 5.52. The number of amides is 1. The van der Waals surface area contributed by atoms with Gasteiger partial charge in [0.2, 0.25) is 15.9 Å². The van der Waals surface area contributed by atoms with E-state index in [0.29, 0.717) is 19.5 Å². The molecule has 31 heavy (non-hydrogen) atoms. The minimum atomic E-state index is -3.82. The topological polar surface area (TPSA) is 127 Å². The van der Waals surface area contributed by atoms with Gasteiger partial charge < -0.3 is 10.6 Å². The maximum absolute atomic E-state index is 13.2. The van der Waals surface area contributed by atoms with Crippen molar-refractivity contribution in [3.63, 3.8) is 0 Å². The number of hydrogen-bond acceptors (Lipinski definition) is 6. The van der Waals surface area contributed by atoms with Crippen molar-refractivity contribution in [1.82, 2.24) is 4.31 Å². The van der Waals surface area contributed by atoms with E-state index in [9.17, 15) is 23.3 Å². The van der Waals surface area contributed by atoms with Gasteiger partial charge in [0.05, 0.1) is 9.82 Å². The molecule has 3 atom stereocenters. The quantitative estimate of drug-likeness (QED) is 0.543. The van der Waals surface area contributed by atoms with Crippen LogP contribution in [-0.4, -0.2) is 48.7 Å². The third-order valence-corrected chi connectivity index (χ3v) is 8.94. The molecule has 1 aromatic rings. The molecule has 1 aromatic carbocycles. The zero-order valence-corrected chi connectivity index (χ0v) is 18.4. The normalized spacial score (nSPS) is 27.5. The maximum Gasteiger partial charge on any atom is 0.293 e. The molecule has 1 amide bonds. The monoisotopic (exact) mass is 450 g/mol. The second-order valence-corrected chi connectivity index (χ2v) is 10.8. The van der Waals surface area contributed by atoms with Crippen molar-refractivity contribution in [1.29, 1.82) is 0 Å². The zero-order valence-electron chi connectivity index (χ0n) is 17.6. The molecule has 3 aliphatic rings. The average molecular weight is 451 g/mol. The van der Waals surface area contributed by atoms with Gasteiger partial charge in [-0.1, -0.05) is 25.7 Å². The van der Waals surface area contributed by atoms with Crippen molar-refractivity contribution < 1.29 is 18.1 Å². The molecule has 2 N–H and O–H groups in total. The molecule has 1 saturated carbocycles. The third kappa shape index (κ3) is 4.15. The Morgan fingerprint density at radius 3 is 2.39 bits per heavy atom. The number of anilines is 1. The molecule has 0 aromatic heterocycles. The van der Waals surface area contributed by atoms with Crippen LogP contribution in [0.15, 0.2) is 23.1 Å². The van der Waals surface area contributed by atoms with Crippen molar-refractivity contribution in [3.8, 4) is 0 Å². The number of benzene rings is 1. The van der Waals surface area contributed by atoms with Crippen molar-refractivity contribution in [2.24, 2.45) is 11.7 Å². The fourth-order valence-corrected chi connectivity index (χ4v) is 7.06. The van der Waals surface area contributed by atoms with E-state index in [2.05, 4.69) is 0 Å². The summed E-state index contributed by atoms with van der Waals surface area (Å²) in [5.41, 5.74) is 5.67. The molecule has 2 saturated heterocycles. The van der Waals surface area contributed by atoms with Gasteiger partial charge >= 0.3 is 0 Å². The summed E-state index contributed by atoms with van der Waals surface area (Å²) in [4.78, 5) is 25.3. The third-order valence-electron chi connectivity index (χ3n) is 7.04. The number of nitro benzene ring substituents is 1. The van der Waals surface area contributed by atoms with Crippen LogP contribution < -0.4 is 10.6 Å². The van der Waals surface area contributed by atoms with Crippen LogP contribution in [-0.2, 0) is 14.8 Å². The van der Waals surface area contributed by atoms with E-state index in [1.165, 1.54) is 16.4 Å². The lowest BCUT2D eigenvalue weighted by Crippen LogP contribution is -2.45. The molecule has 9 nitrogen and oxygen atoms in total. The van der Waals surface area contributed by atoms with Crippen LogP contribution in [0.2, 0.25) is 0 Å². The highest BCUT2D eigenvalue weighted by atomic mass is 32.2. The molecule has 2 aliphatic heterocycles. The van der Waals surface area contributed by atoms with E-state index >= 15 is 0 Å². The van der Waals surface area contributed by atoms with E-state index in [1.807, 2.05) is 0 Å². The van der Waals surface area contributed by atoms with Crippen LogP contribution in [0.5, 0.6) is 0 Å². The van der Waals surface area contributed by atoms with E-state index < -0.39 is 26.9 Å². The van der Waals surface area contributed by atoms with Crippen molar-refractivity contribution in [2.45, 2.75) is 74.8 Å². The number of fused-ring (bicyclic) bond motifs is 1. The van der Waals surface area contributed by atoms with Gasteiger partial charge in [-0.2, -0.15) is 4.31 Å². The standard InChI is InChI=1S/C21H30N4O5S/c22-21(26)20-13-15-7-3-4-8-17(15)24(20)18-10-9-16(14-19(18)25(27)28)31(29,30)23-11-5-1-2-6-12-23/h9-10,14-15,17,20H,1-8,11-13H2,(H2,22,26)/t15-,17+,20-/m1/s1. The first-order valence-corrected chi connectivity index (χ1v) is 12.6. The summed E-state index contributed by atoms with van der Waals surface area (Å²) in [7, 11) is -3.82. The summed E-state index contributed by atoms with van der Waals surface area (Å²) in [6.07, 6.45) is 8.03. The molecule has 170 valence electrons. The number of nitro groups is 1. The summed E-state index contributed by atoms with van der Waals surface area (Å²) in [6, 6.07) is 3.49. The van der Waals surface area contributed by atoms with Crippen LogP contribution in [0.4, 0.5) is 11.4 Å². The summed E-state index contributed by atoms with van der Waals surface area (Å²) in [5.74, 6) is -0.226. The molecule has 0 bridgehead atoms. The smallest absolute Gasteiger partial charge is 0.293 e. The van der Waals surface area contributed by atoms with E-state index in [-0.39, 0.29) is 28.2 Å². The van der Waals surface area contributed by atoms with E-state index in [1.54, 1.807) is 4.90 Å². The largest absolute Gasteiger partial charge is 0.368 e. The number of nitrogens with zero attached hydrogens (tertiary/aromatic N) is 3. The van der Waals surface area contributed by atoms with Gasteiger partial charge in [0.1, 0.15) is 11.7 Å². The first kappa shape index (κ1) is 22.0. The molecule has 10 heteroatoms. The molecule has 0 spiro atoms. The minimum Gasteiger partial charge on any atom is -0.368 e. The minimum absolute atomic E-state index is 0.0121. The van der Waals surface area contributed by atoms with Gasteiger partial charge in [-0.3, -0.25) is 14.9 Å². The Labute approximate surface area is 182 Å². The fraction of sp³-hybridized carbons (Fsp3) is 0.667. The van der Waals surface area contributed by atoms with Crippen molar-refractivity contribution in [2.75, 3.05) is 18.0 Å². The summed E-state index contributed by atoms with van der Waals surface area (Å²) in [6.45, 7) is 0.856. The number of nitrogens with two attached hydrogens (primary N) is 1. The van der Waals surface area contributed by atoms with Crippen LogP contribution in [0.25, 0.3) is 0 Å². The lowest BCUT2D eigenvalue weighted by molar-refractivity contribution is -0.384. The van der Waals surface area contributed by atoms with Crippen LogP contribution in [0.1, 0.15) is 57.8 Å². The van der Waals surface area contributed by atoms with E-state index in [4.69, 9.17) is 5.73 Å². The van der Waals surface area contributed by atoms with Gasteiger partial charge in [0, 0.05) is 25.2 Å². The van der Waals surface area contributed by atoms with Gasteiger partial charge in [-0.05, 0) is 50.2 Å². The first-order chi connectivity index (χ1) is 14.8. The molecular weight excluding hydrogens is 420 g/mol. The van der Waals surface area contributed by atoms with Gasteiger partial charge in [-0.15, -0.1) is 0 Å². The highest BCUT2D eigenvalue weighted by Gasteiger charge is 2.46. The van der Waals surface area contributed by atoms with Gasteiger partial charge in [-0.25, -0.2) is 8.42 Å². The molecular formula is C21H30N4O5S. The Morgan fingerprint density at radius 1 is 1.06 bits per heavy atom. The number of hydrogen-bond donors (Lipinski definition) is 1.